The highest BCUT2D eigenvalue weighted by Crippen LogP contribution is 2.40. The van der Waals surface area contributed by atoms with E-state index in [1.807, 2.05) is 62.4 Å². The first kappa shape index (κ1) is 22.9. The lowest BCUT2D eigenvalue weighted by atomic mass is 9.68. The van der Waals surface area contributed by atoms with Crippen molar-refractivity contribution in [3.8, 4) is 5.75 Å². The molecular formula is C26H34N2O3. The maximum atomic E-state index is 13.4. The summed E-state index contributed by atoms with van der Waals surface area (Å²) in [6.07, 6.45) is 5.90. The zero-order valence-corrected chi connectivity index (χ0v) is 18.9. The monoisotopic (exact) mass is 422 g/mol. The molecule has 0 radical (unpaired) electrons. The lowest BCUT2D eigenvalue weighted by molar-refractivity contribution is -0.128. The molecule has 2 N–H and O–H groups in total. The van der Waals surface area contributed by atoms with Gasteiger partial charge in [0.15, 0.2) is 0 Å². The Morgan fingerprint density at radius 2 is 1.65 bits per heavy atom. The number of benzene rings is 2. The zero-order valence-electron chi connectivity index (χ0n) is 18.9. The molecule has 3 rings (SSSR count). The third kappa shape index (κ3) is 5.46. The van der Waals surface area contributed by atoms with Crippen LogP contribution in [0.1, 0.15) is 73.9 Å². The fourth-order valence-electron chi connectivity index (χ4n) is 4.25. The van der Waals surface area contributed by atoms with Gasteiger partial charge in [0, 0.05) is 18.2 Å². The smallest absolute Gasteiger partial charge is 0.251 e. The first-order chi connectivity index (χ1) is 15.0. The van der Waals surface area contributed by atoms with Gasteiger partial charge in [0.05, 0.1) is 12.5 Å². The van der Waals surface area contributed by atoms with E-state index in [1.54, 1.807) is 7.11 Å². The summed E-state index contributed by atoms with van der Waals surface area (Å²) in [6, 6.07) is 15.5. The lowest BCUT2D eigenvalue weighted by Gasteiger charge is -2.36. The fourth-order valence-corrected chi connectivity index (χ4v) is 4.25. The summed E-state index contributed by atoms with van der Waals surface area (Å²) in [5, 5.41) is 6.13. The minimum atomic E-state index is -0.485. The van der Waals surface area contributed by atoms with Gasteiger partial charge in [-0.2, -0.15) is 0 Å². The molecular weight excluding hydrogens is 388 g/mol. The van der Waals surface area contributed by atoms with E-state index in [-0.39, 0.29) is 17.9 Å². The van der Waals surface area contributed by atoms with Crippen LogP contribution < -0.4 is 15.4 Å². The highest BCUT2D eigenvalue weighted by molar-refractivity contribution is 5.94. The number of hydrogen-bond acceptors (Lipinski definition) is 3. The van der Waals surface area contributed by atoms with Crippen LogP contribution in [0.3, 0.4) is 0 Å². The summed E-state index contributed by atoms with van der Waals surface area (Å²) < 4.78 is 5.28. The second-order valence-electron chi connectivity index (χ2n) is 8.53. The Bertz CT molecular complexity index is 869. The molecule has 2 amide bonds. The zero-order chi connectivity index (χ0) is 22.3. The van der Waals surface area contributed by atoms with Crippen molar-refractivity contribution in [1.82, 2.24) is 10.6 Å². The van der Waals surface area contributed by atoms with E-state index in [1.165, 1.54) is 6.42 Å². The topological polar surface area (TPSA) is 67.4 Å². The second-order valence-corrected chi connectivity index (χ2v) is 8.53. The van der Waals surface area contributed by atoms with Crippen LogP contribution in [-0.2, 0) is 16.8 Å². The number of hydrogen-bond donors (Lipinski definition) is 2. The number of carbonyl (C=O) groups excluding carboxylic acids is 2. The molecule has 1 atom stereocenters. The van der Waals surface area contributed by atoms with Crippen molar-refractivity contribution in [2.45, 2.75) is 70.4 Å². The molecule has 1 aliphatic rings. The summed E-state index contributed by atoms with van der Waals surface area (Å²) in [7, 11) is 1.65. The Balaban J connectivity index is 1.67. The molecule has 1 aliphatic carbocycles. The molecule has 1 fully saturated rings. The van der Waals surface area contributed by atoms with E-state index in [4.69, 9.17) is 4.74 Å². The van der Waals surface area contributed by atoms with Gasteiger partial charge < -0.3 is 15.4 Å². The van der Waals surface area contributed by atoms with E-state index in [0.717, 1.165) is 49.0 Å². The Morgan fingerprint density at radius 1 is 1.00 bits per heavy atom. The minimum Gasteiger partial charge on any atom is -0.497 e. The number of ether oxygens (including phenoxy) is 1. The van der Waals surface area contributed by atoms with Gasteiger partial charge in [0.2, 0.25) is 5.91 Å². The number of nitrogens with one attached hydrogen (secondary N) is 2. The van der Waals surface area contributed by atoms with Gasteiger partial charge in [-0.3, -0.25) is 9.59 Å². The Hall–Kier alpha value is -2.82. The summed E-state index contributed by atoms with van der Waals surface area (Å²) in [5.41, 5.74) is 2.19. The van der Waals surface area contributed by atoms with Gasteiger partial charge in [-0.15, -0.1) is 0 Å². The Kier molecular flexibility index (Phi) is 7.72. The summed E-state index contributed by atoms with van der Waals surface area (Å²) in [5.74, 6) is 0.814. The van der Waals surface area contributed by atoms with Gasteiger partial charge in [-0.1, -0.05) is 50.5 Å². The maximum Gasteiger partial charge on any atom is 0.251 e. The first-order valence-electron chi connectivity index (χ1n) is 11.3. The highest BCUT2D eigenvalue weighted by atomic mass is 16.5. The van der Waals surface area contributed by atoms with E-state index >= 15 is 0 Å². The van der Waals surface area contributed by atoms with Crippen LogP contribution in [0.15, 0.2) is 48.5 Å². The van der Waals surface area contributed by atoms with E-state index < -0.39 is 5.41 Å². The Labute approximate surface area is 185 Å². The van der Waals surface area contributed by atoms with Crippen LogP contribution in [0.4, 0.5) is 0 Å². The highest BCUT2D eigenvalue weighted by Gasteiger charge is 2.40. The molecule has 2 aromatic rings. The summed E-state index contributed by atoms with van der Waals surface area (Å²) >= 11 is 0. The quantitative estimate of drug-likeness (QED) is 0.646. The van der Waals surface area contributed by atoms with Crippen molar-refractivity contribution in [3.63, 3.8) is 0 Å². The SMILES string of the molecule is CCC(C)NC(=O)c1ccc(CNC(=O)C2(c3ccc(OC)cc3)CCCCC2)cc1. The molecule has 5 nitrogen and oxygen atoms in total. The predicted molar refractivity (Wildman–Crippen MR) is 123 cm³/mol. The molecule has 5 heteroatoms. The van der Waals surface area contributed by atoms with Crippen molar-refractivity contribution in [1.29, 1.82) is 0 Å². The first-order valence-corrected chi connectivity index (χ1v) is 11.3. The van der Waals surface area contributed by atoms with Crippen LogP contribution in [0.2, 0.25) is 0 Å². The molecule has 0 spiro atoms. The van der Waals surface area contributed by atoms with Crippen LogP contribution in [0.25, 0.3) is 0 Å². The second kappa shape index (κ2) is 10.5. The van der Waals surface area contributed by atoms with E-state index in [9.17, 15) is 9.59 Å². The fraction of sp³-hybridized carbons (Fsp3) is 0.462. The van der Waals surface area contributed by atoms with E-state index in [2.05, 4.69) is 10.6 Å². The average molecular weight is 423 g/mol. The number of carbonyl (C=O) groups is 2. The summed E-state index contributed by atoms with van der Waals surface area (Å²) in [4.78, 5) is 25.6. The molecule has 0 aromatic heterocycles. The molecule has 0 saturated heterocycles. The maximum absolute atomic E-state index is 13.4. The molecule has 0 bridgehead atoms. The number of amides is 2. The van der Waals surface area contributed by atoms with Crippen molar-refractivity contribution in [2.75, 3.05) is 7.11 Å². The Morgan fingerprint density at radius 3 is 2.23 bits per heavy atom. The molecule has 1 saturated carbocycles. The van der Waals surface area contributed by atoms with Crippen LogP contribution in [-0.4, -0.2) is 25.0 Å². The van der Waals surface area contributed by atoms with Gasteiger partial charge in [0.25, 0.3) is 5.91 Å². The molecule has 2 aromatic carbocycles. The van der Waals surface area contributed by atoms with Crippen LogP contribution in [0, 0.1) is 0 Å². The molecule has 1 unspecified atom stereocenters. The summed E-state index contributed by atoms with van der Waals surface area (Å²) in [6.45, 7) is 4.48. The normalized spacial score (nSPS) is 16.2. The third-order valence-electron chi connectivity index (χ3n) is 6.44. The molecule has 31 heavy (non-hydrogen) atoms. The minimum absolute atomic E-state index is 0.0643. The van der Waals surface area contributed by atoms with Crippen molar-refractivity contribution in [2.24, 2.45) is 0 Å². The van der Waals surface area contributed by atoms with E-state index in [0.29, 0.717) is 12.1 Å². The van der Waals surface area contributed by atoms with Gasteiger partial charge in [0.1, 0.15) is 5.75 Å². The van der Waals surface area contributed by atoms with Crippen LogP contribution in [0.5, 0.6) is 5.75 Å². The molecule has 166 valence electrons. The van der Waals surface area contributed by atoms with Crippen molar-refractivity contribution >= 4 is 11.8 Å². The number of rotatable bonds is 8. The molecule has 0 heterocycles. The molecule has 0 aliphatic heterocycles. The third-order valence-corrected chi connectivity index (χ3v) is 6.44. The van der Waals surface area contributed by atoms with Gasteiger partial charge >= 0.3 is 0 Å². The van der Waals surface area contributed by atoms with Crippen molar-refractivity contribution in [3.05, 3.63) is 65.2 Å². The lowest BCUT2D eigenvalue weighted by Crippen LogP contribution is -2.45. The van der Waals surface area contributed by atoms with Gasteiger partial charge in [-0.05, 0) is 61.6 Å². The van der Waals surface area contributed by atoms with Gasteiger partial charge in [-0.25, -0.2) is 0 Å². The largest absolute Gasteiger partial charge is 0.497 e. The standard InChI is InChI=1S/C26H34N2O3/c1-4-19(2)28-24(29)21-10-8-20(9-11-21)18-27-25(30)26(16-6-5-7-17-26)22-12-14-23(31-3)15-13-22/h8-15,19H,4-7,16-18H2,1-3H3,(H,27,30)(H,28,29). The van der Waals surface area contributed by atoms with Crippen LogP contribution >= 0.6 is 0 Å². The number of methoxy groups -OCH3 is 1. The van der Waals surface area contributed by atoms with Crippen molar-refractivity contribution < 1.29 is 14.3 Å². The predicted octanol–water partition coefficient (Wildman–Crippen LogP) is 4.74. The average Bonchev–Trinajstić information content (AvgIpc) is 2.83.